The lowest BCUT2D eigenvalue weighted by molar-refractivity contribution is 0.130. The number of hydrogen-bond donors (Lipinski definition) is 1. The summed E-state index contributed by atoms with van der Waals surface area (Å²) in [5.41, 5.74) is 1.13. The zero-order valence-corrected chi connectivity index (χ0v) is 15.0. The highest BCUT2D eigenvalue weighted by Gasteiger charge is 2.35. The van der Waals surface area contributed by atoms with Gasteiger partial charge >= 0.3 is 0 Å². The second-order valence-corrected chi connectivity index (χ2v) is 6.49. The molecule has 1 N–H and O–H groups in total. The van der Waals surface area contributed by atoms with Crippen LogP contribution in [0.2, 0.25) is 0 Å². The lowest BCUT2D eigenvalue weighted by Crippen LogP contribution is -2.50. The van der Waals surface area contributed by atoms with Gasteiger partial charge in [-0.25, -0.2) is 0 Å². The molecule has 6 heteroatoms. The van der Waals surface area contributed by atoms with Gasteiger partial charge in [-0.15, -0.1) is 0 Å². The van der Waals surface area contributed by atoms with Gasteiger partial charge in [-0.2, -0.15) is 5.10 Å². The van der Waals surface area contributed by atoms with E-state index < -0.39 is 0 Å². The van der Waals surface area contributed by atoms with Crippen molar-refractivity contribution in [2.24, 2.45) is 0 Å². The van der Waals surface area contributed by atoms with Gasteiger partial charge in [0.25, 0.3) is 0 Å². The Kier molecular flexibility index (Phi) is 6.64. The molecule has 0 radical (unpaired) electrons. The van der Waals surface area contributed by atoms with Gasteiger partial charge in [-0.05, 0) is 50.4 Å². The molecule has 20 heavy (non-hydrogen) atoms. The van der Waals surface area contributed by atoms with E-state index in [1.165, 1.54) is 5.69 Å². The highest BCUT2D eigenvalue weighted by Crippen LogP contribution is 2.33. The van der Waals surface area contributed by atoms with E-state index in [0.29, 0.717) is 6.61 Å². The molecule has 0 spiro atoms. The summed E-state index contributed by atoms with van der Waals surface area (Å²) in [7, 11) is 5.92. The lowest BCUT2D eigenvalue weighted by Gasteiger charge is -2.41. The predicted molar refractivity (Wildman–Crippen MR) is 86.0 cm³/mol. The summed E-state index contributed by atoms with van der Waals surface area (Å²) in [5.74, 6) is 0. The summed E-state index contributed by atoms with van der Waals surface area (Å²) in [6.07, 6.45) is 1.86. The van der Waals surface area contributed by atoms with Crippen LogP contribution in [0.4, 0.5) is 0 Å². The molecular formula is C14H27BrN4O. The van der Waals surface area contributed by atoms with Crippen LogP contribution in [0, 0.1) is 0 Å². The number of ether oxygens (including phenoxy) is 1. The third kappa shape index (κ3) is 3.81. The van der Waals surface area contributed by atoms with E-state index in [4.69, 9.17) is 4.74 Å². The maximum Gasteiger partial charge on any atom is 0.0715 e. The summed E-state index contributed by atoms with van der Waals surface area (Å²) in [5, 5.41) is 8.05. The molecule has 0 aliphatic carbocycles. The Morgan fingerprint density at radius 3 is 2.65 bits per heavy atom. The minimum atomic E-state index is -0.0383. The number of halogens is 1. The summed E-state index contributed by atoms with van der Waals surface area (Å²) < 4.78 is 8.23. The molecule has 1 heterocycles. The normalized spacial score (nSPS) is 14.0. The molecule has 1 aromatic heterocycles. The number of hydrogen-bond acceptors (Lipinski definition) is 4. The Hall–Kier alpha value is -0.430. The summed E-state index contributed by atoms with van der Waals surface area (Å²) in [4.78, 5) is 2.24. The molecule has 1 atom stereocenters. The monoisotopic (exact) mass is 346 g/mol. The van der Waals surface area contributed by atoms with E-state index in [-0.39, 0.29) is 11.6 Å². The molecule has 0 bridgehead atoms. The molecule has 0 aliphatic heterocycles. The third-order valence-electron chi connectivity index (χ3n) is 3.88. The SMILES string of the molecule is CCNC(c1c(Br)cnn1CCOC)C(C)(C)N(C)C. The minimum Gasteiger partial charge on any atom is -0.383 e. The fourth-order valence-electron chi connectivity index (χ4n) is 2.16. The highest BCUT2D eigenvalue weighted by molar-refractivity contribution is 9.10. The Bertz CT molecular complexity index is 417. The van der Waals surface area contributed by atoms with Gasteiger partial charge in [-0.1, -0.05) is 6.92 Å². The molecule has 1 rings (SSSR count). The quantitative estimate of drug-likeness (QED) is 0.784. The van der Waals surface area contributed by atoms with Crippen LogP contribution in [0.5, 0.6) is 0 Å². The van der Waals surface area contributed by atoms with Crippen LogP contribution in [0.1, 0.15) is 32.5 Å². The molecule has 116 valence electrons. The minimum absolute atomic E-state index is 0.0383. The van der Waals surface area contributed by atoms with Crippen LogP contribution in [0.3, 0.4) is 0 Å². The van der Waals surface area contributed by atoms with Crippen molar-refractivity contribution in [1.82, 2.24) is 20.0 Å². The van der Waals surface area contributed by atoms with Crippen LogP contribution < -0.4 is 5.32 Å². The van der Waals surface area contributed by atoms with E-state index >= 15 is 0 Å². The maximum absolute atomic E-state index is 5.18. The zero-order chi connectivity index (χ0) is 15.3. The van der Waals surface area contributed by atoms with Gasteiger partial charge in [0.05, 0.1) is 35.6 Å². The molecule has 0 amide bonds. The highest BCUT2D eigenvalue weighted by atomic mass is 79.9. The average Bonchev–Trinajstić information content (AvgIpc) is 2.74. The van der Waals surface area contributed by atoms with Gasteiger partial charge in [0, 0.05) is 12.6 Å². The molecule has 5 nitrogen and oxygen atoms in total. The molecule has 0 aliphatic rings. The molecule has 0 saturated heterocycles. The van der Waals surface area contributed by atoms with Crippen molar-refractivity contribution in [2.45, 2.75) is 38.9 Å². The number of rotatable bonds is 8. The van der Waals surface area contributed by atoms with E-state index in [9.17, 15) is 0 Å². The summed E-state index contributed by atoms with van der Waals surface area (Å²) in [6, 6.07) is 0.177. The first kappa shape index (κ1) is 17.6. The van der Waals surface area contributed by atoms with Crippen molar-refractivity contribution < 1.29 is 4.74 Å². The van der Waals surface area contributed by atoms with Gasteiger partial charge < -0.3 is 15.0 Å². The van der Waals surface area contributed by atoms with Crippen molar-refractivity contribution in [3.05, 3.63) is 16.4 Å². The molecule has 0 saturated carbocycles. The third-order valence-corrected chi connectivity index (χ3v) is 4.49. The van der Waals surface area contributed by atoms with Crippen molar-refractivity contribution in [2.75, 3.05) is 34.4 Å². The van der Waals surface area contributed by atoms with Crippen molar-refractivity contribution >= 4 is 15.9 Å². The smallest absolute Gasteiger partial charge is 0.0715 e. The number of aromatic nitrogens is 2. The summed E-state index contributed by atoms with van der Waals surface area (Å²) in [6.45, 7) is 8.92. The van der Waals surface area contributed by atoms with Gasteiger partial charge in [-0.3, -0.25) is 4.68 Å². The fraction of sp³-hybridized carbons (Fsp3) is 0.786. The van der Waals surface area contributed by atoms with E-state index in [0.717, 1.165) is 17.6 Å². The molecule has 1 unspecified atom stereocenters. The Morgan fingerprint density at radius 1 is 1.50 bits per heavy atom. The number of methoxy groups -OCH3 is 1. The number of nitrogens with zero attached hydrogens (tertiary/aromatic N) is 3. The summed E-state index contributed by atoms with van der Waals surface area (Å²) >= 11 is 3.64. The Balaban J connectivity index is 3.17. The first-order valence-corrected chi connectivity index (χ1v) is 7.76. The first-order valence-electron chi connectivity index (χ1n) is 6.97. The van der Waals surface area contributed by atoms with Crippen molar-refractivity contribution in [1.29, 1.82) is 0 Å². The predicted octanol–water partition coefficient (Wildman–Crippen LogP) is 2.28. The van der Waals surface area contributed by atoms with Crippen molar-refractivity contribution in [3.8, 4) is 0 Å². The maximum atomic E-state index is 5.18. The van der Waals surface area contributed by atoms with Crippen LogP contribution in [-0.4, -0.2) is 54.6 Å². The van der Waals surface area contributed by atoms with Crippen LogP contribution in [0.25, 0.3) is 0 Å². The molecular weight excluding hydrogens is 320 g/mol. The zero-order valence-electron chi connectivity index (χ0n) is 13.4. The van der Waals surface area contributed by atoms with Crippen molar-refractivity contribution in [3.63, 3.8) is 0 Å². The van der Waals surface area contributed by atoms with E-state index in [1.807, 2.05) is 10.9 Å². The molecule has 0 fully saturated rings. The van der Waals surface area contributed by atoms with Gasteiger partial charge in [0.1, 0.15) is 0 Å². The standard InChI is InChI=1S/C14H27BrN4O/c1-7-16-13(14(2,3)18(4)5)12-11(15)10-17-19(12)8-9-20-6/h10,13,16H,7-9H2,1-6H3. The molecule has 1 aromatic rings. The Labute approximate surface area is 130 Å². The Morgan fingerprint density at radius 2 is 2.15 bits per heavy atom. The van der Waals surface area contributed by atoms with Gasteiger partial charge in [0.15, 0.2) is 0 Å². The van der Waals surface area contributed by atoms with Crippen LogP contribution in [-0.2, 0) is 11.3 Å². The second kappa shape index (κ2) is 7.54. The topological polar surface area (TPSA) is 42.3 Å². The van der Waals surface area contributed by atoms with Crippen LogP contribution in [0.15, 0.2) is 10.7 Å². The number of nitrogens with one attached hydrogen (secondary N) is 1. The second-order valence-electron chi connectivity index (χ2n) is 5.63. The molecule has 0 aromatic carbocycles. The van der Waals surface area contributed by atoms with E-state index in [1.54, 1.807) is 7.11 Å². The van der Waals surface area contributed by atoms with Gasteiger partial charge in [0.2, 0.25) is 0 Å². The lowest BCUT2D eigenvalue weighted by atomic mass is 9.90. The number of likely N-dealkylation sites (N-methyl/N-ethyl adjacent to an activating group) is 2. The fourth-order valence-corrected chi connectivity index (χ4v) is 2.68. The average molecular weight is 347 g/mol. The first-order chi connectivity index (χ1) is 9.36. The van der Waals surface area contributed by atoms with Crippen LogP contribution >= 0.6 is 15.9 Å². The largest absolute Gasteiger partial charge is 0.383 e. The van der Waals surface area contributed by atoms with E-state index in [2.05, 4.69) is 66.1 Å².